The number of aryl methyl sites for hydroxylation is 1. The fourth-order valence-electron chi connectivity index (χ4n) is 3.12. The maximum atomic E-state index is 6.09. The molecule has 4 rings (SSSR count). The van der Waals surface area contributed by atoms with E-state index in [1.807, 2.05) is 24.3 Å². The molecule has 2 nitrogen and oxygen atoms in total. The van der Waals surface area contributed by atoms with E-state index < -0.39 is 0 Å². The Labute approximate surface area is 148 Å². The quantitative estimate of drug-likeness (QED) is 0.606. The van der Waals surface area contributed by atoms with E-state index in [-0.39, 0.29) is 0 Å². The number of rotatable bonds is 3. The topological polar surface area (TPSA) is 12.2 Å². The molecule has 0 unspecified atom stereocenters. The molecule has 1 heterocycles. The van der Waals surface area contributed by atoms with E-state index >= 15 is 0 Å². The van der Waals surface area contributed by atoms with Crippen molar-refractivity contribution in [3.63, 3.8) is 0 Å². The van der Waals surface area contributed by atoms with Crippen molar-refractivity contribution in [2.24, 2.45) is 0 Å². The Kier molecular flexibility index (Phi) is 4.17. The predicted molar refractivity (Wildman–Crippen MR) is 102 cm³/mol. The van der Waals surface area contributed by atoms with Gasteiger partial charge in [-0.2, -0.15) is 4.58 Å². The summed E-state index contributed by atoms with van der Waals surface area (Å²) < 4.78 is 8.31. The van der Waals surface area contributed by atoms with Gasteiger partial charge in [-0.25, -0.2) is 0 Å². The van der Waals surface area contributed by atoms with Crippen LogP contribution in [0.25, 0.3) is 5.76 Å². The van der Waals surface area contributed by atoms with Crippen LogP contribution in [0.4, 0.5) is 5.69 Å². The lowest BCUT2D eigenvalue weighted by atomic mass is 10.0. The normalized spacial score (nSPS) is 14.0. The third kappa shape index (κ3) is 3.11. The monoisotopic (exact) mass is 326 g/mol. The van der Waals surface area contributed by atoms with Crippen LogP contribution < -0.4 is 0 Å². The summed E-state index contributed by atoms with van der Waals surface area (Å²) in [5, 5.41) is 0. The lowest BCUT2D eigenvalue weighted by Gasteiger charge is -2.18. The van der Waals surface area contributed by atoms with Crippen molar-refractivity contribution >= 4 is 17.2 Å². The van der Waals surface area contributed by atoms with Gasteiger partial charge in [0.1, 0.15) is 5.76 Å². The summed E-state index contributed by atoms with van der Waals surface area (Å²) in [4.78, 5) is 0. The van der Waals surface area contributed by atoms with Crippen LogP contribution in [0.2, 0.25) is 0 Å². The minimum absolute atomic E-state index is 0.494. The summed E-state index contributed by atoms with van der Waals surface area (Å²) in [5.41, 5.74) is 5.87. The van der Waals surface area contributed by atoms with E-state index in [0.29, 0.717) is 6.73 Å². The van der Waals surface area contributed by atoms with Crippen LogP contribution in [0.3, 0.4) is 0 Å². The molecule has 0 amide bonds. The third-order valence-electron chi connectivity index (χ3n) is 4.45. The number of ether oxygens (including phenoxy) is 1. The summed E-state index contributed by atoms with van der Waals surface area (Å²) in [6.07, 6.45) is 2.15. The molecule has 0 radical (unpaired) electrons. The van der Waals surface area contributed by atoms with Crippen molar-refractivity contribution in [2.75, 3.05) is 6.73 Å². The molecule has 0 spiro atoms. The van der Waals surface area contributed by atoms with Crippen molar-refractivity contribution in [2.45, 2.75) is 6.92 Å². The largest absolute Gasteiger partial charge is 0.435 e. The second-order valence-electron chi connectivity index (χ2n) is 6.11. The van der Waals surface area contributed by atoms with Crippen molar-refractivity contribution in [1.82, 2.24) is 0 Å². The number of para-hydroxylation sites is 1. The van der Waals surface area contributed by atoms with Crippen LogP contribution in [0.1, 0.15) is 16.7 Å². The molecule has 3 aromatic carbocycles. The average Bonchev–Trinajstić information content (AvgIpc) is 2.69. The Morgan fingerprint density at radius 2 is 1.40 bits per heavy atom. The SMILES string of the molecule is Cc1ccccc1C1=[N+](c2ccccc2)COC(c2ccccc2)=C1. The van der Waals surface area contributed by atoms with E-state index in [4.69, 9.17) is 4.74 Å². The van der Waals surface area contributed by atoms with Gasteiger partial charge in [0.2, 0.25) is 11.4 Å². The zero-order chi connectivity index (χ0) is 17.1. The standard InChI is InChI=1S/C23H20NO/c1-18-10-8-9-15-21(18)22-16-23(19-11-4-2-5-12-19)25-17-24(22)20-13-6-3-7-14-20/h2-16H,17H2,1H3/q+1. The molecular formula is C23H20NO+. The van der Waals surface area contributed by atoms with Gasteiger partial charge in [-0.15, -0.1) is 0 Å². The highest BCUT2D eigenvalue weighted by molar-refractivity contribution is 6.10. The highest BCUT2D eigenvalue weighted by Gasteiger charge is 2.26. The summed E-state index contributed by atoms with van der Waals surface area (Å²) >= 11 is 0. The number of nitrogens with zero attached hydrogens (tertiary/aromatic N) is 1. The first-order valence-corrected chi connectivity index (χ1v) is 8.48. The summed E-state index contributed by atoms with van der Waals surface area (Å²) in [6.45, 7) is 2.64. The maximum Gasteiger partial charge on any atom is 0.293 e. The molecular weight excluding hydrogens is 306 g/mol. The third-order valence-corrected chi connectivity index (χ3v) is 4.45. The Bertz CT molecular complexity index is 940. The second kappa shape index (κ2) is 6.78. The van der Waals surface area contributed by atoms with Gasteiger partial charge < -0.3 is 4.74 Å². The van der Waals surface area contributed by atoms with Gasteiger partial charge in [-0.05, 0) is 18.6 Å². The first kappa shape index (κ1) is 15.4. The molecule has 0 atom stereocenters. The van der Waals surface area contributed by atoms with Gasteiger partial charge >= 0.3 is 0 Å². The van der Waals surface area contributed by atoms with Crippen LogP contribution in [0.15, 0.2) is 91.0 Å². The average molecular weight is 326 g/mol. The van der Waals surface area contributed by atoms with Crippen LogP contribution in [-0.2, 0) is 4.74 Å². The van der Waals surface area contributed by atoms with Crippen molar-refractivity contribution in [3.8, 4) is 0 Å². The minimum Gasteiger partial charge on any atom is -0.435 e. The molecule has 25 heavy (non-hydrogen) atoms. The Balaban J connectivity index is 1.91. The molecule has 0 aliphatic carbocycles. The van der Waals surface area contributed by atoms with Gasteiger partial charge in [0.25, 0.3) is 6.73 Å². The lowest BCUT2D eigenvalue weighted by Crippen LogP contribution is -2.24. The van der Waals surface area contributed by atoms with E-state index in [1.165, 1.54) is 11.1 Å². The fourth-order valence-corrected chi connectivity index (χ4v) is 3.12. The molecule has 0 bridgehead atoms. The molecule has 0 N–H and O–H groups in total. The molecule has 3 aromatic rings. The van der Waals surface area contributed by atoms with Crippen LogP contribution in [0.5, 0.6) is 0 Å². The van der Waals surface area contributed by atoms with E-state index in [0.717, 1.165) is 22.7 Å². The van der Waals surface area contributed by atoms with Gasteiger partial charge in [0, 0.05) is 23.3 Å². The van der Waals surface area contributed by atoms with E-state index in [9.17, 15) is 0 Å². The molecule has 0 saturated heterocycles. The predicted octanol–water partition coefficient (Wildman–Crippen LogP) is 5.16. The van der Waals surface area contributed by atoms with Crippen LogP contribution >= 0.6 is 0 Å². The second-order valence-corrected chi connectivity index (χ2v) is 6.11. The Morgan fingerprint density at radius 1 is 0.760 bits per heavy atom. The maximum absolute atomic E-state index is 6.09. The molecule has 122 valence electrons. The minimum atomic E-state index is 0.494. The zero-order valence-electron chi connectivity index (χ0n) is 14.2. The fraction of sp³-hybridized carbons (Fsp3) is 0.0870. The van der Waals surface area contributed by atoms with Gasteiger partial charge in [-0.3, -0.25) is 0 Å². The number of hydrogen-bond donors (Lipinski definition) is 0. The van der Waals surface area contributed by atoms with Gasteiger partial charge in [-0.1, -0.05) is 66.7 Å². The van der Waals surface area contributed by atoms with Gasteiger partial charge in [0.15, 0.2) is 0 Å². The molecule has 1 aliphatic heterocycles. The number of allylic oxidation sites excluding steroid dienone is 1. The van der Waals surface area contributed by atoms with Gasteiger partial charge in [0.05, 0.1) is 6.08 Å². The first-order chi connectivity index (χ1) is 12.3. The molecule has 0 saturated carbocycles. The first-order valence-electron chi connectivity index (χ1n) is 8.48. The van der Waals surface area contributed by atoms with Crippen molar-refractivity contribution in [3.05, 3.63) is 108 Å². The zero-order valence-corrected chi connectivity index (χ0v) is 14.2. The molecule has 0 aromatic heterocycles. The lowest BCUT2D eigenvalue weighted by molar-refractivity contribution is -0.483. The summed E-state index contributed by atoms with van der Waals surface area (Å²) in [5.74, 6) is 0.908. The Morgan fingerprint density at radius 3 is 2.12 bits per heavy atom. The molecule has 1 aliphatic rings. The molecule has 0 fully saturated rings. The number of hydrogen-bond acceptors (Lipinski definition) is 1. The smallest absolute Gasteiger partial charge is 0.293 e. The van der Waals surface area contributed by atoms with E-state index in [2.05, 4.69) is 78.2 Å². The van der Waals surface area contributed by atoms with Crippen LogP contribution in [0, 0.1) is 6.92 Å². The summed E-state index contributed by atoms with van der Waals surface area (Å²) in [7, 11) is 0. The van der Waals surface area contributed by atoms with Crippen molar-refractivity contribution < 1.29 is 9.31 Å². The van der Waals surface area contributed by atoms with Crippen LogP contribution in [-0.4, -0.2) is 17.0 Å². The highest BCUT2D eigenvalue weighted by Crippen LogP contribution is 2.25. The van der Waals surface area contributed by atoms with E-state index in [1.54, 1.807) is 0 Å². The van der Waals surface area contributed by atoms with Crippen molar-refractivity contribution in [1.29, 1.82) is 0 Å². The highest BCUT2D eigenvalue weighted by atomic mass is 16.5. The number of benzene rings is 3. The summed E-state index contributed by atoms with van der Waals surface area (Å²) in [6, 6.07) is 29.1. The Hall–Kier alpha value is -3.13. The molecule has 2 heteroatoms.